The molecule has 0 fully saturated rings. The summed E-state index contributed by atoms with van der Waals surface area (Å²) in [6, 6.07) is 7.23. The van der Waals surface area contributed by atoms with Crippen molar-refractivity contribution in [1.29, 1.82) is 0 Å². The van der Waals surface area contributed by atoms with Gasteiger partial charge in [0.2, 0.25) is 0 Å². The fourth-order valence-corrected chi connectivity index (χ4v) is 2.87. The van der Waals surface area contributed by atoms with Gasteiger partial charge in [-0.05, 0) is 24.3 Å². The number of nitrogens with two attached hydrogens (primary N) is 1. The van der Waals surface area contributed by atoms with Crippen LogP contribution in [0.25, 0.3) is 0 Å². The van der Waals surface area contributed by atoms with Crippen molar-refractivity contribution in [1.82, 2.24) is 4.98 Å². The summed E-state index contributed by atoms with van der Waals surface area (Å²) in [5, 5.41) is 0.0730. The molecule has 1 amide bonds. The molecule has 0 radical (unpaired) electrons. The number of benzene rings is 1. The van der Waals surface area contributed by atoms with Gasteiger partial charge in [-0.15, -0.1) is 0 Å². The topological polar surface area (TPSA) is 102 Å². The van der Waals surface area contributed by atoms with Crippen LogP contribution < -0.4 is 10.5 Å². The molecule has 104 valence electrons. The van der Waals surface area contributed by atoms with Gasteiger partial charge in [-0.25, -0.2) is 8.42 Å². The van der Waals surface area contributed by atoms with Crippen LogP contribution in [0.1, 0.15) is 10.4 Å². The van der Waals surface area contributed by atoms with Crippen LogP contribution in [-0.2, 0) is 10.0 Å². The molecule has 0 spiro atoms. The fraction of sp³-hybridized carbons (Fsp3) is 0. The molecule has 0 aliphatic carbocycles. The molecule has 0 saturated heterocycles. The highest BCUT2D eigenvalue weighted by atomic mass is 35.5. The number of amides is 1. The van der Waals surface area contributed by atoms with Gasteiger partial charge in [-0.1, -0.05) is 17.7 Å². The second-order valence-electron chi connectivity index (χ2n) is 3.82. The number of primary amides is 1. The minimum absolute atomic E-state index is 0.0221. The standard InChI is InChI=1S/C12H10ClN3O3S/c13-9-4-1-5-10(11(9)12(14)17)16-20(18,19)8-3-2-6-15-7-8/h1-7,16H,(H2,14,17). The van der Waals surface area contributed by atoms with Gasteiger partial charge >= 0.3 is 0 Å². The second kappa shape index (κ2) is 5.48. The summed E-state index contributed by atoms with van der Waals surface area (Å²) >= 11 is 5.85. The third-order valence-corrected chi connectivity index (χ3v) is 4.11. The largest absolute Gasteiger partial charge is 0.365 e. The Morgan fingerprint density at radius 3 is 2.60 bits per heavy atom. The number of nitrogens with zero attached hydrogens (tertiary/aromatic N) is 1. The smallest absolute Gasteiger partial charge is 0.263 e. The first kappa shape index (κ1) is 14.3. The number of pyridine rings is 1. The highest BCUT2D eigenvalue weighted by molar-refractivity contribution is 7.92. The lowest BCUT2D eigenvalue weighted by molar-refractivity contribution is 0.100. The molecule has 20 heavy (non-hydrogen) atoms. The molecule has 2 aromatic rings. The van der Waals surface area contributed by atoms with Crippen molar-refractivity contribution in [3.8, 4) is 0 Å². The van der Waals surface area contributed by atoms with Crippen LogP contribution in [0.4, 0.5) is 5.69 Å². The minimum atomic E-state index is -3.87. The maximum Gasteiger partial charge on any atom is 0.263 e. The maximum atomic E-state index is 12.1. The zero-order chi connectivity index (χ0) is 14.8. The van der Waals surface area contributed by atoms with E-state index in [0.29, 0.717) is 0 Å². The molecular formula is C12H10ClN3O3S. The molecule has 0 aliphatic rings. The highest BCUT2D eigenvalue weighted by Crippen LogP contribution is 2.25. The normalized spacial score (nSPS) is 11.1. The van der Waals surface area contributed by atoms with Crippen LogP contribution in [0.3, 0.4) is 0 Å². The van der Waals surface area contributed by atoms with E-state index in [-0.39, 0.29) is 21.2 Å². The zero-order valence-corrected chi connectivity index (χ0v) is 11.6. The van der Waals surface area contributed by atoms with E-state index in [0.717, 1.165) is 0 Å². The fourth-order valence-electron chi connectivity index (χ4n) is 1.57. The molecule has 2 rings (SSSR count). The number of sulfonamides is 1. The lowest BCUT2D eigenvalue weighted by Crippen LogP contribution is -2.19. The van der Waals surface area contributed by atoms with Crippen molar-refractivity contribution in [2.75, 3.05) is 4.72 Å². The molecule has 1 heterocycles. The summed E-state index contributed by atoms with van der Waals surface area (Å²) < 4.78 is 26.6. The summed E-state index contributed by atoms with van der Waals surface area (Å²) in [5.74, 6) is -0.820. The Labute approximate surface area is 120 Å². The Morgan fingerprint density at radius 2 is 2.00 bits per heavy atom. The van der Waals surface area contributed by atoms with Gasteiger partial charge < -0.3 is 5.73 Å². The average molecular weight is 312 g/mol. The molecule has 0 aliphatic heterocycles. The molecule has 8 heteroatoms. The lowest BCUT2D eigenvalue weighted by Gasteiger charge is -2.11. The molecule has 0 atom stereocenters. The summed E-state index contributed by atoms with van der Waals surface area (Å²) in [5.41, 5.74) is 5.14. The van der Waals surface area contributed by atoms with E-state index in [1.165, 1.54) is 42.7 Å². The summed E-state index contributed by atoms with van der Waals surface area (Å²) in [6.07, 6.45) is 2.64. The Hall–Kier alpha value is -2.12. The van der Waals surface area contributed by atoms with Crippen molar-refractivity contribution in [3.05, 3.63) is 53.3 Å². The van der Waals surface area contributed by atoms with Crippen molar-refractivity contribution in [3.63, 3.8) is 0 Å². The van der Waals surface area contributed by atoms with Crippen molar-refractivity contribution in [2.45, 2.75) is 4.90 Å². The van der Waals surface area contributed by atoms with Gasteiger partial charge in [0, 0.05) is 12.4 Å². The molecule has 0 saturated carbocycles. The van der Waals surface area contributed by atoms with Crippen molar-refractivity contribution in [2.24, 2.45) is 5.73 Å². The van der Waals surface area contributed by atoms with E-state index in [1.807, 2.05) is 0 Å². The Morgan fingerprint density at radius 1 is 1.25 bits per heavy atom. The number of hydrogen-bond acceptors (Lipinski definition) is 4. The summed E-state index contributed by atoms with van der Waals surface area (Å²) in [7, 11) is -3.87. The van der Waals surface area contributed by atoms with E-state index in [4.69, 9.17) is 17.3 Å². The quantitative estimate of drug-likeness (QED) is 0.895. The third kappa shape index (κ3) is 2.89. The predicted molar refractivity (Wildman–Crippen MR) is 75.0 cm³/mol. The number of rotatable bonds is 4. The molecule has 0 unspecified atom stereocenters. The number of anilines is 1. The Bertz CT molecular complexity index is 748. The number of hydrogen-bond donors (Lipinski definition) is 2. The number of carbonyl (C=O) groups excluding carboxylic acids is 1. The lowest BCUT2D eigenvalue weighted by atomic mass is 10.2. The summed E-state index contributed by atoms with van der Waals surface area (Å²) in [6.45, 7) is 0. The molecule has 1 aromatic heterocycles. The predicted octanol–water partition coefficient (Wildman–Crippen LogP) is 1.63. The van der Waals surface area contributed by atoms with Gasteiger partial charge in [-0.3, -0.25) is 14.5 Å². The van der Waals surface area contributed by atoms with Gasteiger partial charge in [0.15, 0.2) is 0 Å². The van der Waals surface area contributed by atoms with Crippen LogP contribution in [0, 0.1) is 0 Å². The Balaban J connectivity index is 2.46. The van der Waals surface area contributed by atoms with Crippen LogP contribution in [-0.4, -0.2) is 19.3 Å². The van der Waals surface area contributed by atoms with Gasteiger partial charge in [0.1, 0.15) is 4.90 Å². The van der Waals surface area contributed by atoms with Crippen LogP contribution in [0.2, 0.25) is 5.02 Å². The zero-order valence-electron chi connectivity index (χ0n) is 10.1. The van der Waals surface area contributed by atoms with E-state index in [1.54, 1.807) is 0 Å². The van der Waals surface area contributed by atoms with E-state index in [2.05, 4.69) is 9.71 Å². The second-order valence-corrected chi connectivity index (χ2v) is 5.91. The van der Waals surface area contributed by atoms with Gasteiger partial charge in [0.25, 0.3) is 15.9 Å². The Kier molecular flexibility index (Phi) is 3.91. The monoisotopic (exact) mass is 311 g/mol. The van der Waals surface area contributed by atoms with Crippen LogP contribution >= 0.6 is 11.6 Å². The highest BCUT2D eigenvalue weighted by Gasteiger charge is 2.19. The molecule has 6 nitrogen and oxygen atoms in total. The number of nitrogens with one attached hydrogen (secondary N) is 1. The van der Waals surface area contributed by atoms with Crippen molar-refractivity contribution >= 4 is 33.2 Å². The maximum absolute atomic E-state index is 12.1. The minimum Gasteiger partial charge on any atom is -0.365 e. The van der Waals surface area contributed by atoms with E-state index in [9.17, 15) is 13.2 Å². The van der Waals surface area contributed by atoms with Crippen LogP contribution in [0.15, 0.2) is 47.6 Å². The number of halogens is 1. The first-order valence-electron chi connectivity index (χ1n) is 5.43. The first-order chi connectivity index (χ1) is 9.42. The third-order valence-electron chi connectivity index (χ3n) is 2.45. The molecular weight excluding hydrogens is 302 g/mol. The van der Waals surface area contributed by atoms with Gasteiger partial charge in [-0.2, -0.15) is 0 Å². The molecule has 1 aromatic carbocycles. The average Bonchev–Trinajstić information content (AvgIpc) is 2.39. The van der Waals surface area contributed by atoms with Gasteiger partial charge in [0.05, 0.1) is 16.3 Å². The first-order valence-corrected chi connectivity index (χ1v) is 7.29. The molecule has 0 bridgehead atoms. The number of aromatic nitrogens is 1. The SMILES string of the molecule is NC(=O)c1c(Cl)cccc1NS(=O)(=O)c1cccnc1. The van der Waals surface area contributed by atoms with Crippen molar-refractivity contribution < 1.29 is 13.2 Å². The molecule has 3 N–H and O–H groups in total. The summed E-state index contributed by atoms with van der Waals surface area (Å²) in [4.78, 5) is 15.1. The van der Waals surface area contributed by atoms with E-state index >= 15 is 0 Å². The van der Waals surface area contributed by atoms with E-state index < -0.39 is 15.9 Å². The van der Waals surface area contributed by atoms with Crippen LogP contribution in [0.5, 0.6) is 0 Å². The number of carbonyl (C=O) groups is 1.